The number of carbonyl (C=O) groups is 1. The van der Waals surface area contributed by atoms with E-state index in [0.717, 1.165) is 11.3 Å². The Bertz CT molecular complexity index is 388. The van der Waals surface area contributed by atoms with E-state index in [1.807, 2.05) is 44.9 Å². The zero-order valence-corrected chi connectivity index (χ0v) is 10.3. The fourth-order valence-electron chi connectivity index (χ4n) is 1.98. The summed E-state index contributed by atoms with van der Waals surface area (Å²) in [4.78, 5) is 12.9. The van der Waals surface area contributed by atoms with Crippen molar-refractivity contribution in [1.82, 2.24) is 0 Å². The molecule has 3 heteroatoms. The summed E-state index contributed by atoms with van der Waals surface area (Å²) in [7, 11) is 1.83. The van der Waals surface area contributed by atoms with Crippen molar-refractivity contribution < 1.29 is 9.90 Å². The number of aliphatic carboxylic acids is 1. The number of hydrogen-bond acceptors (Lipinski definition) is 2. The second-order valence-electron chi connectivity index (χ2n) is 4.16. The summed E-state index contributed by atoms with van der Waals surface area (Å²) in [6, 6.07) is 5.60. The van der Waals surface area contributed by atoms with E-state index < -0.39 is 12.0 Å². The van der Waals surface area contributed by atoms with Gasteiger partial charge < -0.3 is 10.0 Å². The molecule has 0 aliphatic heterocycles. The largest absolute Gasteiger partial charge is 0.480 e. The van der Waals surface area contributed by atoms with Gasteiger partial charge in [0.2, 0.25) is 0 Å². The van der Waals surface area contributed by atoms with Gasteiger partial charge in [-0.3, -0.25) is 0 Å². The van der Waals surface area contributed by atoms with Crippen molar-refractivity contribution in [2.24, 2.45) is 0 Å². The molecule has 1 unspecified atom stereocenters. The van der Waals surface area contributed by atoms with Crippen molar-refractivity contribution in [2.45, 2.75) is 33.2 Å². The van der Waals surface area contributed by atoms with Crippen molar-refractivity contribution >= 4 is 11.7 Å². The van der Waals surface area contributed by atoms with Crippen LogP contribution >= 0.6 is 0 Å². The summed E-state index contributed by atoms with van der Waals surface area (Å²) in [5.41, 5.74) is 3.29. The molecule has 1 aromatic carbocycles. The second kappa shape index (κ2) is 5.01. The van der Waals surface area contributed by atoms with Crippen molar-refractivity contribution in [2.75, 3.05) is 11.9 Å². The molecule has 16 heavy (non-hydrogen) atoms. The van der Waals surface area contributed by atoms with E-state index in [9.17, 15) is 4.79 Å². The zero-order valence-electron chi connectivity index (χ0n) is 10.3. The number of benzene rings is 1. The Hall–Kier alpha value is -1.51. The van der Waals surface area contributed by atoms with Crippen molar-refractivity contribution in [1.29, 1.82) is 0 Å². The van der Waals surface area contributed by atoms with Crippen LogP contribution in [0.1, 0.15) is 24.5 Å². The first-order valence-electron chi connectivity index (χ1n) is 5.50. The molecule has 3 nitrogen and oxygen atoms in total. The molecule has 0 aromatic heterocycles. The van der Waals surface area contributed by atoms with Gasteiger partial charge in [-0.15, -0.1) is 0 Å². The van der Waals surface area contributed by atoms with E-state index in [0.29, 0.717) is 6.42 Å². The van der Waals surface area contributed by atoms with Crippen LogP contribution in [0.2, 0.25) is 0 Å². The number of nitrogens with zero attached hydrogens (tertiary/aromatic N) is 1. The van der Waals surface area contributed by atoms with Gasteiger partial charge in [0, 0.05) is 12.7 Å². The molecule has 1 rings (SSSR count). The highest BCUT2D eigenvalue weighted by Crippen LogP contribution is 2.22. The Morgan fingerprint density at radius 2 is 2.06 bits per heavy atom. The molecule has 1 aromatic rings. The highest BCUT2D eigenvalue weighted by Gasteiger charge is 2.21. The lowest BCUT2D eigenvalue weighted by molar-refractivity contribution is -0.138. The molecule has 0 aliphatic rings. The minimum Gasteiger partial charge on any atom is -0.480 e. The third kappa shape index (κ3) is 2.54. The minimum atomic E-state index is -0.773. The van der Waals surface area contributed by atoms with Crippen molar-refractivity contribution in [3.8, 4) is 0 Å². The van der Waals surface area contributed by atoms with Crippen LogP contribution in [-0.4, -0.2) is 24.2 Å². The van der Waals surface area contributed by atoms with E-state index in [4.69, 9.17) is 5.11 Å². The minimum absolute atomic E-state index is 0.457. The maximum atomic E-state index is 11.1. The van der Waals surface area contributed by atoms with Crippen LogP contribution in [0.4, 0.5) is 5.69 Å². The summed E-state index contributed by atoms with van der Waals surface area (Å²) in [6.45, 7) is 5.93. The fraction of sp³-hybridized carbons (Fsp3) is 0.462. The lowest BCUT2D eigenvalue weighted by Gasteiger charge is -2.27. The van der Waals surface area contributed by atoms with Gasteiger partial charge >= 0.3 is 5.97 Å². The molecule has 0 spiro atoms. The van der Waals surface area contributed by atoms with Gasteiger partial charge in [-0.1, -0.05) is 24.6 Å². The predicted octanol–water partition coefficient (Wildman–Crippen LogP) is 2.60. The highest BCUT2D eigenvalue weighted by molar-refractivity contribution is 5.78. The maximum absolute atomic E-state index is 11.1. The van der Waals surface area contributed by atoms with Gasteiger partial charge in [-0.05, 0) is 31.9 Å². The number of likely N-dealkylation sites (N-methyl/N-ethyl adjacent to an activating group) is 1. The van der Waals surface area contributed by atoms with E-state index in [1.165, 1.54) is 5.56 Å². The van der Waals surface area contributed by atoms with Crippen molar-refractivity contribution in [3.05, 3.63) is 29.3 Å². The third-order valence-corrected chi connectivity index (χ3v) is 2.87. The molecule has 0 bridgehead atoms. The van der Waals surface area contributed by atoms with Crippen LogP contribution in [0, 0.1) is 13.8 Å². The first-order chi connectivity index (χ1) is 7.47. The van der Waals surface area contributed by atoms with E-state index in [2.05, 4.69) is 6.07 Å². The summed E-state index contributed by atoms with van der Waals surface area (Å²) < 4.78 is 0. The molecule has 0 amide bonds. The molecular weight excluding hydrogens is 202 g/mol. The van der Waals surface area contributed by atoms with Gasteiger partial charge in [0.05, 0.1) is 0 Å². The van der Waals surface area contributed by atoms with E-state index in [-0.39, 0.29) is 0 Å². The lowest BCUT2D eigenvalue weighted by atomic mass is 10.1. The molecule has 0 fully saturated rings. The van der Waals surface area contributed by atoms with Crippen molar-refractivity contribution in [3.63, 3.8) is 0 Å². The first kappa shape index (κ1) is 12.6. The Kier molecular flexibility index (Phi) is 3.93. The Balaban J connectivity index is 3.03. The zero-order chi connectivity index (χ0) is 12.3. The van der Waals surface area contributed by atoms with Crippen LogP contribution in [0.5, 0.6) is 0 Å². The smallest absolute Gasteiger partial charge is 0.326 e. The van der Waals surface area contributed by atoms with Crippen LogP contribution < -0.4 is 4.90 Å². The van der Waals surface area contributed by atoms with Gasteiger partial charge in [0.1, 0.15) is 6.04 Å². The number of carboxylic acid groups (broad SMARTS) is 1. The predicted molar refractivity (Wildman–Crippen MR) is 66.0 cm³/mol. The molecule has 1 atom stereocenters. The average molecular weight is 221 g/mol. The Morgan fingerprint density at radius 1 is 1.44 bits per heavy atom. The Morgan fingerprint density at radius 3 is 2.50 bits per heavy atom. The molecule has 0 saturated heterocycles. The molecule has 1 N–H and O–H groups in total. The standard InChI is InChI=1S/C13H19NO2/c1-5-11(13(15)16)14(4)12-7-6-9(2)8-10(12)3/h6-8,11H,5H2,1-4H3,(H,15,16). The maximum Gasteiger partial charge on any atom is 0.326 e. The summed E-state index contributed by atoms with van der Waals surface area (Å²) in [5, 5.41) is 9.11. The van der Waals surface area contributed by atoms with Crippen LogP contribution in [0.3, 0.4) is 0 Å². The lowest BCUT2D eigenvalue weighted by Crippen LogP contribution is -2.38. The SMILES string of the molecule is CCC(C(=O)O)N(C)c1ccc(C)cc1C. The summed E-state index contributed by atoms with van der Waals surface area (Å²) in [5.74, 6) is -0.773. The van der Waals surface area contributed by atoms with Gasteiger partial charge in [0.25, 0.3) is 0 Å². The van der Waals surface area contributed by atoms with Crippen LogP contribution in [0.15, 0.2) is 18.2 Å². The first-order valence-corrected chi connectivity index (χ1v) is 5.50. The van der Waals surface area contributed by atoms with E-state index >= 15 is 0 Å². The molecule has 0 saturated carbocycles. The molecule has 0 heterocycles. The highest BCUT2D eigenvalue weighted by atomic mass is 16.4. The van der Waals surface area contributed by atoms with Gasteiger partial charge in [0.15, 0.2) is 0 Å². The normalized spacial score (nSPS) is 12.2. The van der Waals surface area contributed by atoms with Crippen LogP contribution in [0.25, 0.3) is 0 Å². The summed E-state index contributed by atoms with van der Waals surface area (Å²) in [6.07, 6.45) is 0.596. The van der Waals surface area contributed by atoms with E-state index in [1.54, 1.807) is 0 Å². The molecular formula is C13H19NO2. The number of carboxylic acids is 1. The molecule has 88 valence electrons. The molecule has 0 aliphatic carbocycles. The topological polar surface area (TPSA) is 40.5 Å². The number of rotatable bonds is 4. The van der Waals surface area contributed by atoms with Gasteiger partial charge in [-0.2, -0.15) is 0 Å². The Labute approximate surface area is 96.7 Å². The average Bonchev–Trinajstić information content (AvgIpc) is 2.17. The number of anilines is 1. The fourth-order valence-corrected chi connectivity index (χ4v) is 1.98. The monoisotopic (exact) mass is 221 g/mol. The summed E-state index contributed by atoms with van der Waals surface area (Å²) >= 11 is 0. The molecule has 0 radical (unpaired) electrons. The third-order valence-electron chi connectivity index (χ3n) is 2.87. The number of hydrogen-bond donors (Lipinski definition) is 1. The quantitative estimate of drug-likeness (QED) is 0.849. The second-order valence-corrected chi connectivity index (χ2v) is 4.16. The number of aryl methyl sites for hydroxylation is 2. The van der Waals surface area contributed by atoms with Crippen LogP contribution in [-0.2, 0) is 4.79 Å². The van der Waals surface area contributed by atoms with Gasteiger partial charge in [-0.25, -0.2) is 4.79 Å².